The second-order valence-corrected chi connectivity index (χ2v) is 9.97. The summed E-state index contributed by atoms with van der Waals surface area (Å²) in [5.41, 5.74) is 4.41. The van der Waals surface area contributed by atoms with Crippen LogP contribution in [0.4, 0.5) is 5.69 Å². The molecule has 38 heavy (non-hydrogen) atoms. The van der Waals surface area contributed by atoms with Crippen molar-refractivity contribution in [1.82, 2.24) is 15.2 Å². The molecule has 0 bridgehead atoms. The van der Waals surface area contributed by atoms with E-state index in [4.69, 9.17) is 19.2 Å². The molecule has 0 saturated carbocycles. The Morgan fingerprint density at radius 2 is 1.74 bits per heavy atom. The summed E-state index contributed by atoms with van der Waals surface area (Å²) in [6.07, 6.45) is 2.98. The number of para-hydroxylation sites is 1. The van der Waals surface area contributed by atoms with Gasteiger partial charge < -0.3 is 19.5 Å². The lowest BCUT2D eigenvalue weighted by Crippen LogP contribution is -2.17. The monoisotopic (exact) mass is 528 g/mol. The van der Waals surface area contributed by atoms with Gasteiger partial charge in [0.05, 0.1) is 6.61 Å². The lowest BCUT2D eigenvalue weighted by Gasteiger charge is -2.21. The van der Waals surface area contributed by atoms with Crippen LogP contribution in [-0.4, -0.2) is 27.5 Å². The van der Waals surface area contributed by atoms with Gasteiger partial charge in [0.2, 0.25) is 11.0 Å². The van der Waals surface area contributed by atoms with E-state index < -0.39 is 6.23 Å². The summed E-state index contributed by atoms with van der Waals surface area (Å²) in [5.74, 6) is 2.76. The topological polar surface area (TPSA) is 78.4 Å². The summed E-state index contributed by atoms with van der Waals surface area (Å²) in [6, 6.07) is 23.9. The minimum absolute atomic E-state index is 0.459. The van der Waals surface area contributed by atoms with Crippen LogP contribution in [0.3, 0.4) is 0 Å². The van der Waals surface area contributed by atoms with E-state index in [1.165, 1.54) is 12.8 Å². The number of hydrogen-bond donors (Lipinski definition) is 1. The molecule has 8 heteroatoms. The van der Waals surface area contributed by atoms with Crippen molar-refractivity contribution in [2.75, 3.05) is 17.7 Å². The van der Waals surface area contributed by atoms with Crippen LogP contribution >= 0.6 is 11.8 Å². The fourth-order valence-corrected chi connectivity index (χ4v) is 4.96. The zero-order chi connectivity index (χ0) is 26.2. The summed E-state index contributed by atoms with van der Waals surface area (Å²) in [5, 5.41) is 13.0. The highest BCUT2D eigenvalue weighted by Gasteiger charge is 2.27. The molecule has 4 aromatic rings. The number of benzene rings is 3. The fraction of sp³-hybridized carbons (Fsp3) is 0.300. The van der Waals surface area contributed by atoms with Gasteiger partial charge in [0, 0.05) is 22.6 Å². The number of hydrogen-bond acceptors (Lipinski definition) is 8. The number of fused-ring (bicyclic) bond motifs is 3. The van der Waals surface area contributed by atoms with Gasteiger partial charge in [0.15, 0.2) is 23.4 Å². The SMILES string of the molecule is CCCCCSc1nnc2c(n1)O[C@H](c1ccc(OCc3ccccc3)c(OCC)c1)Nc1ccccc1-2. The molecule has 5 rings (SSSR count). The average molecular weight is 529 g/mol. The Hall–Kier alpha value is -3.78. The van der Waals surface area contributed by atoms with Gasteiger partial charge in [-0.1, -0.05) is 80.1 Å². The Kier molecular flexibility index (Phi) is 8.60. The molecule has 0 aliphatic carbocycles. The number of anilines is 1. The fourth-order valence-electron chi connectivity index (χ4n) is 4.19. The van der Waals surface area contributed by atoms with E-state index in [2.05, 4.69) is 22.4 Å². The Balaban J connectivity index is 1.43. The predicted molar refractivity (Wildman–Crippen MR) is 151 cm³/mol. The van der Waals surface area contributed by atoms with Crippen LogP contribution in [-0.2, 0) is 6.61 Å². The predicted octanol–water partition coefficient (Wildman–Crippen LogP) is 7.30. The number of unbranched alkanes of at least 4 members (excludes halogenated alkanes) is 2. The molecule has 0 unspecified atom stereocenters. The first-order valence-corrected chi connectivity index (χ1v) is 14.1. The van der Waals surface area contributed by atoms with Gasteiger partial charge in [-0.05, 0) is 43.2 Å². The van der Waals surface area contributed by atoms with Crippen LogP contribution in [0, 0.1) is 0 Å². The third-order valence-electron chi connectivity index (χ3n) is 6.12. The summed E-state index contributed by atoms with van der Waals surface area (Å²) in [4.78, 5) is 4.76. The lowest BCUT2D eigenvalue weighted by atomic mass is 10.1. The van der Waals surface area contributed by atoms with Crippen molar-refractivity contribution >= 4 is 17.4 Å². The summed E-state index contributed by atoms with van der Waals surface area (Å²) >= 11 is 1.61. The van der Waals surface area contributed by atoms with E-state index in [1.54, 1.807) is 11.8 Å². The third kappa shape index (κ3) is 6.19. The number of thioether (sulfide) groups is 1. The molecule has 0 amide bonds. The largest absolute Gasteiger partial charge is 0.490 e. The Labute approximate surface area is 228 Å². The van der Waals surface area contributed by atoms with E-state index in [0.717, 1.165) is 34.6 Å². The number of nitrogens with one attached hydrogen (secondary N) is 1. The van der Waals surface area contributed by atoms with Gasteiger partial charge in [-0.3, -0.25) is 0 Å². The number of nitrogens with zero attached hydrogens (tertiary/aromatic N) is 3. The molecule has 7 nitrogen and oxygen atoms in total. The van der Waals surface area contributed by atoms with Gasteiger partial charge in [-0.15, -0.1) is 10.2 Å². The highest BCUT2D eigenvalue weighted by atomic mass is 32.2. The molecule has 3 aromatic carbocycles. The molecule has 1 aliphatic heterocycles. The van der Waals surface area contributed by atoms with Gasteiger partial charge in [-0.25, -0.2) is 0 Å². The number of aromatic nitrogens is 3. The van der Waals surface area contributed by atoms with Gasteiger partial charge in [-0.2, -0.15) is 4.98 Å². The molecular formula is C30H32N4O3S. The first kappa shape index (κ1) is 25.9. The maximum atomic E-state index is 6.46. The van der Waals surface area contributed by atoms with E-state index in [0.29, 0.717) is 41.4 Å². The molecule has 1 atom stereocenters. The molecule has 1 N–H and O–H groups in total. The van der Waals surface area contributed by atoms with Crippen molar-refractivity contribution in [3.8, 4) is 28.6 Å². The van der Waals surface area contributed by atoms with Crippen molar-refractivity contribution in [1.29, 1.82) is 0 Å². The normalized spacial score (nSPS) is 13.9. The zero-order valence-electron chi connectivity index (χ0n) is 21.7. The van der Waals surface area contributed by atoms with Gasteiger partial charge in [0.1, 0.15) is 6.61 Å². The number of ether oxygens (including phenoxy) is 3. The first-order valence-electron chi connectivity index (χ1n) is 13.1. The van der Waals surface area contributed by atoms with Crippen LogP contribution in [0.15, 0.2) is 78.0 Å². The summed E-state index contributed by atoms with van der Waals surface area (Å²) < 4.78 is 18.5. The molecule has 0 saturated heterocycles. The Morgan fingerprint density at radius 3 is 2.58 bits per heavy atom. The van der Waals surface area contributed by atoms with Crippen LogP contribution < -0.4 is 19.5 Å². The van der Waals surface area contributed by atoms with Crippen molar-refractivity contribution in [2.45, 2.75) is 51.1 Å². The Morgan fingerprint density at radius 1 is 0.895 bits per heavy atom. The quantitative estimate of drug-likeness (QED) is 0.160. The first-order chi connectivity index (χ1) is 18.7. The maximum Gasteiger partial charge on any atom is 0.247 e. The van der Waals surface area contributed by atoms with Crippen molar-refractivity contribution in [2.24, 2.45) is 0 Å². The highest BCUT2D eigenvalue weighted by molar-refractivity contribution is 7.99. The average Bonchev–Trinajstić information content (AvgIpc) is 3.12. The van der Waals surface area contributed by atoms with Gasteiger partial charge in [0.25, 0.3) is 0 Å². The van der Waals surface area contributed by atoms with Gasteiger partial charge >= 0.3 is 0 Å². The second kappa shape index (κ2) is 12.6. The molecular weight excluding hydrogens is 496 g/mol. The molecule has 2 heterocycles. The third-order valence-corrected chi connectivity index (χ3v) is 7.04. The van der Waals surface area contributed by atoms with Crippen molar-refractivity contribution < 1.29 is 14.2 Å². The van der Waals surface area contributed by atoms with Crippen LogP contribution in [0.25, 0.3) is 11.3 Å². The van der Waals surface area contributed by atoms with E-state index in [-0.39, 0.29) is 0 Å². The van der Waals surface area contributed by atoms with Crippen LogP contribution in [0.5, 0.6) is 17.4 Å². The molecule has 196 valence electrons. The van der Waals surface area contributed by atoms with Crippen molar-refractivity contribution in [3.05, 3.63) is 83.9 Å². The molecule has 1 aromatic heterocycles. The minimum atomic E-state index is -0.505. The van der Waals surface area contributed by atoms with E-state index in [9.17, 15) is 0 Å². The second-order valence-electron chi connectivity index (χ2n) is 8.90. The maximum absolute atomic E-state index is 6.46. The molecule has 0 radical (unpaired) electrons. The smallest absolute Gasteiger partial charge is 0.247 e. The standard InChI is InChI=1S/C30H32N4O3S/c1-3-5-11-18-38-30-32-29-27(33-34-30)23-14-9-10-15-24(23)31-28(37-29)22-16-17-25(26(19-22)35-4-2)36-20-21-12-7-6-8-13-21/h6-10,12-17,19,28,31H,3-5,11,18,20H2,1-2H3/t28-/m1/s1. The summed E-state index contributed by atoms with van der Waals surface area (Å²) in [6.45, 7) is 5.14. The zero-order valence-corrected chi connectivity index (χ0v) is 22.5. The van der Waals surface area contributed by atoms with Crippen molar-refractivity contribution in [3.63, 3.8) is 0 Å². The van der Waals surface area contributed by atoms with Crippen LogP contribution in [0.1, 0.15) is 50.5 Å². The molecule has 0 fully saturated rings. The summed E-state index contributed by atoms with van der Waals surface area (Å²) in [7, 11) is 0. The van der Waals surface area contributed by atoms with E-state index >= 15 is 0 Å². The molecule has 1 aliphatic rings. The highest BCUT2D eigenvalue weighted by Crippen LogP contribution is 2.41. The molecule has 0 spiro atoms. The number of rotatable bonds is 11. The minimum Gasteiger partial charge on any atom is -0.490 e. The lowest BCUT2D eigenvalue weighted by molar-refractivity contribution is 0.223. The Bertz CT molecular complexity index is 1350. The van der Waals surface area contributed by atoms with E-state index in [1.807, 2.05) is 79.7 Å². The van der Waals surface area contributed by atoms with Crippen LogP contribution in [0.2, 0.25) is 0 Å².